The molecule has 2 atom stereocenters. The van der Waals surface area contributed by atoms with Gasteiger partial charge in [0.25, 0.3) is 0 Å². The molecule has 2 fully saturated rings. The lowest BCUT2D eigenvalue weighted by Crippen LogP contribution is -2.29. The zero-order valence-corrected chi connectivity index (χ0v) is 10.6. The van der Waals surface area contributed by atoms with Gasteiger partial charge in [-0.2, -0.15) is 0 Å². The van der Waals surface area contributed by atoms with E-state index in [-0.39, 0.29) is 11.8 Å². The van der Waals surface area contributed by atoms with E-state index in [0.29, 0.717) is 11.8 Å². The highest BCUT2D eigenvalue weighted by molar-refractivity contribution is 5.81. The van der Waals surface area contributed by atoms with E-state index < -0.39 is 0 Å². The Bertz CT molecular complexity index is 449. The van der Waals surface area contributed by atoms with Crippen LogP contribution < -0.4 is 0 Å². The van der Waals surface area contributed by atoms with Crippen molar-refractivity contribution in [3.8, 4) is 0 Å². The van der Waals surface area contributed by atoms with Gasteiger partial charge in [0.1, 0.15) is 0 Å². The number of nitrogens with zero attached hydrogens (tertiary/aromatic N) is 1. The lowest BCUT2D eigenvalue weighted by molar-refractivity contribution is -0.130. The monoisotopic (exact) mass is 241 g/mol. The van der Waals surface area contributed by atoms with Gasteiger partial charge in [-0.15, -0.1) is 0 Å². The fourth-order valence-electron chi connectivity index (χ4n) is 2.63. The summed E-state index contributed by atoms with van der Waals surface area (Å²) in [6.07, 6.45) is 5.04. The maximum atomic E-state index is 12.0. The van der Waals surface area contributed by atoms with E-state index in [9.17, 15) is 4.79 Å². The SMILES string of the molecule is C=CN(C[C@H]1CC1c1ccccc1)C(=O)C1CC1. The zero-order valence-electron chi connectivity index (χ0n) is 10.6. The second kappa shape index (κ2) is 4.60. The van der Waals surface area contributed by atoms with E-state index in [1.54, 1.807) is 6.20 Å². The Morgan fingerprint density at radius 3 is 2.67 bits per heavy atom. The molecule has 0 bridgehead atoms. The molecule has 1 unspecified atom stereocenters. The Labute approximate surface area is 108 Å². The molecular weight excluding hydrogens is 222 g/mol. The lowest BCUT2D eigenvalue weighted by atomic mass is 10.1. The van der Waals surface area contributed by atoms with Gasteiger partial charge >= 0.3 is 0 Å². The van der Waals surface area contributed by atoms with Crippen molar-refractivity contribution in [3.63, 3.8) is 0 Å². The molecule has 1 amide bonds. The number of hydrogen-bond donors (Lipinski definition) is 0. The average Bonchev–Trinajstić information content (AvgIpc) is 3.29. The maximum absolute atomic E-state index is 12.0. The van der Waals surface area contributed by atoms with Gasteiger partial charge in [-0.1, -0.05) is 36.9 Å². The molecule has 1 aromatic carbocycles. The summed E-state index contributed by atoms with van der Waals surface area (Å²) in [7, 11) is 0. The van der Waals surface area contributed by atoms with E-state index in [0.717, 1.165) is 19.4 Å². The Hall–Kier alpha value is -1.57. The van der Waals surface area contributed by atoms with E-state index in [1.165, 1.54) is 12.0 Å². The summed E-state index contributed by atoms with van der Waals surface area (Å²) in [6.45, 7) is 4.62. The molecule has 0 radical (unpaired) electrons. The molecule has 0 saturated heterocycles. The summed E-state index contributed by atoms with van der Waals surface area (Å²) in [5.41, 5.74) is 1.41. The van der Waals surface area contributed by atoms with Crippen LogP contribution in [0.25, 0.3) is 0 Å². The minimum atomic E-state index is 0.281. The predicted molar refractivity (Wildman–Crippen MR) is 71.9 cm³/mol. The van der Waals surface area contributed by atoms with E-state index >= 15 is 0 Å². The lowest BCUT2D eigenvalue weighted by Gasteiger charge is -2.17. The summed E-state index contributed by atoms with van der Waals surface area (Å²) in [4.78, 5) is 13.8. The van der Waals surface area contributed by atoms with Gasteiger partial charge in [0.15, 0.2) is 0 Å². The van der Waals surface area contributed by atoms with E-state index in [1.807, 2.05) is 11.0 Å². The average molecular weight is 241 g/mol. The molecule has 2 aliphatic carbocycles. The van der Waals surface area contributed by atoms with Gasteiger partial charge in [-0.25, -0.2) is 0 Å². The first-order valence-electron chi connectivity index (χ1n) is 6.77. The van der Waals surface area contributed by atoms with Crippen LogP contribution in [0.5, 0.6) is 0 Å². The number of hydrogen-bond acceptors (Lipinski definition) is 1. The Balaban J connectivity index is 1.58. The minimum absolute atomic E-state index is 0.281. The first-order chi connectivity index (χ1) is 8.79. The Morgan fingerprint density at radius 1 is 1.33 bits per heavy atom. The molecule has 0 N–H and O–H groups in total. The number of benzene rings is 1. The summed E-state index contributed by atoms with van der Waals surface area (Å²) in [5.74, 6) is 1.83. The van der Waals surface area contributed by atoms with Crippen LogP contribution in [-0.2, 0) is 4.79 Å². The van der Waals surface area contributed by atoms with E-state index in [4.69, 9.17) is 0 Å². The predicted octanol–water partition coefficient (Wildman–Crippen LogP) is 3.17. The number of carbonyl (C=O) groups is 1. The van der Waals surface area contributed by atoms with Gasteiger partial charge in [-0.05, 0) is 42.9 Å². The molecule has 3 rings (SSSR count). The van der Waals surface area contributed by atoms with Crippen molar-refractivity contribution in [2.24, 2.45) is 11.8 Å². The summed E-state index contributed by atoms with van der Waals surface area (Å²) < 4.78 is 0. The third-order valence-corrected chi connectivity index (χ3v) is 4.01. The van der Waals surface area contributed by atoms with Crippen LogP contribution in [0.2, 0.25) is 0 Å². The van der Waals surface area contributed by atoms with Gasteiger partial charge in [-0.3, -0.25) is 4.79 Å². The van der Waals surface area contributed by atoms with Crippen LogP contribution in [0.1, 0.15) is 30.7 Å². The third-order valence-electron chi connectivity index (χ3n) is 4.01. The van der Waals surface area contributed by atoms with Crippen molar-refractivity contribution < 1.29 is 4.79 Å². The molecule has 94 valence electrons. The summed E-state index contributed by atoms with van der Waals surface area (Å²) in [6, 6.07) is 10.6. The van der Waals surface area contributed by atoms with Crippen LogP contribution >= 0.6 is 0 Å². The highest BCUT2D eigenvalue weighted by Gasteiger charge is 2.41. The quantitative estimate of drug-likeness (QED) is 0.775. The summed E-state index contributed by atoms with van der Waals surface area (Å²) in [5, 5.41) is 0. The second-order valence-corrected chi connectivity index (χ2v) is 5.46. The van der Waals surface area contributed by atoms with Crippen LogP contribution in [0.4, 0.5) is 0 Å². The maximum Gasteiger partial charge on any atom is 0.229 e. The van der Waals surface area contributed by atoms with Crippen LogP contribution in [0.3, 0.4) is 0 Å². The van der Waals surface area contributed by atoms with E-state index in [2.05, 4.69) is 30.8 Å². The number of rotatable bonds is 5. The van der Waals surface area contributed by atoms with Crippen molar-refractivity contribution in [2.75, 3.05) is 6.54 Å². The molecule has 0 aliphatic heterocycles. The molecular formula is C16H19NO. The molecule has 2 heteroatoms. The first kappa shape index (κ1) is 11.5. The number of amides is 1. The highest BCUT2D eigenvalue weighted by atomic mass is 16.2. The largest absolute Gasteiger partial charge is 0.319 e. The zero-order chi connectivity index (χ0) is 12.5. The molecule has 18 heavy (non-hydrogen) atoms. The molecule has 0 heterocycles. The van der Waals surface area contributed by atoms with Gasteiger partial charge in [0, 0.05) is 12.5 Å². The smallest absolute Gasteiger partial charge is 0.229 e. The van der Waals surface area contributed by atoms with Crippen molar-refractivity contribution in [1.82, 2.24) is 4.90 Å². The second-order valence-electron chi connectivity index (χ2n) is 5.46. The van der Waals surface area contributed by atoms with Crippen molar-refractivity contribution in [2.45, 2.75) is 25.2 Å². The normalized spacial score (nSPS) is 25.6. The minimum Gasteiger partial charge on any atom is -0.319 e. The summed E-state index contributed by atoms with van der Waals surface area (Å²) >= 11 is 0. The van der Waals surface area contributed by atoms with Crippen LogP contribution in [-0.4, -0.2) is 17.4 Å². The third kappa shape index (κ3) is 2.33. The van der Waals surface area contributed by atoms with Gasteiger partial charge in [0.2, 0.25) is 5.91 Å². The number of carbonyl (C=O) groups excluding carboxylic acids is 1. The molecule has 0 spiro atoms. The topological polar surface area (TPSA) is 20.3 Å². The van der Waals surface area contributed by atoms with Crippen LogP contribution in [0.15, 0.2) is 43.1 Å². The highest BCUT2D eigenvalue weighted by Crippen LogP contribution is 2.48. The van der Waals surface area contributed by atoms with Crippen molar-refractivity contribution in [3.05, 3.63) is 48.7 Å². The molecule has 2 aliphatic rings. The molecule has 2 nitrogen and oxygen atoms in total. The van der Waals surface area contributed by atoms with Crippen LogP contribution in [0, 0.1) is 11.8 Å². The van der Waals surface area contributed by atoms with Gasteiger partial charge < -0.3 is 4.90 Å². The van der Waals surface area contributed by atoms with Gasteiger partial charge in [0.05, 0.1) is 0 Å². The standard InChI is InChI=1S/C16H19NO/c1-2-17(16(18)13-8-9-13)11-14-10-15(14)12-6-4-3-5-7-12/h2-7,13-15H,1,8-11H2/t14-,15?/m1/s1. The Morgan fingerprint density at radius 2 is 2.06 bits per heavy atom. The molecule has 0 aromatic heterocycles. The molecule has 2 saturated carbocycles. The Kier molecular flexibility index (Phi) is 2.94. The fourth-order valence-corrected chi connectivity index (χ4v) is 2.63. The fraction of sp³-hybridized carbons (Fsp3) is 0.438. The van der Waals surface area contributed by atoms with Crippen molar-refractivity contribution >= 4 is 5.91 Å². The molecule has 1 aromatic rings. The first-order valence-corrected chi connectivity index (χ1v) is 6.77. The van der Waals surface area contributed by atoms with Crippen molar-refractivity contribution in [1.29, 1.82) is 0 Å².